The summed E-state index contributed by atoms with van der Waals surface area (Å²) in [4.78, 5) is 20.5. The molecule has 1 amide bonds. The Bertz CT molecular complexity index is 1050. The van der Waals surface area contributed by atoms with Crippen molar-refractivity contribution in [2.24, 2.45) is 5.92 Å². The Labute approximate surface area is 176 Å². The van der Waals surface area contributed by atoms with E-state index in [-0.39, 0.29) is 5.91 Å². The molecule has 30 heavy (non-hydrogen) atoms. The molecule has 3 aromatic rings. The Morgan fingerprint density at radius 3 is 2.43 bits per heavy atom. The maximum atomic E-state index is 11.8. The molecule has 2 N–H and O–H groups in total. The summed E-state index contributed by atoms with van der Waals surface area (Å²) in [5, 5.41) is 6.99. The van der Waals surface area contributed by atoms with Crippen LogP contribution in [0.15, 0.2) is 48.8 Å². The molecule has 156 valence electrons. The van der Waals surface area contributed by atoms with Crippen molar-refractivity contribution < 1.29 is 14.3 Å². The lowest BCUT2D eigenvalue weighted by Crippen LogP contribution is -2.25. The van der Waals surface area contributed by atoms with Crippen LogP contribution in [0.25, 0.3) is 17.0 Å². The van der Waals surface area contributed by atoms with Crippen molar-refractivity contribution in [3.8, 4) is 11.5 Å². The molecule has 0 atom stereocenters. The molecule has 7 nitrogen and oxygen atoms in total. The van der Waals surface area contributed by atoms with E-state index in [4.69, 9.17) is 9.47 Å². The van der Waals surface area contributed by atoms with Gasteiger partial charge in [-0.3, -0.25) is 4.79 Å². The van der Waals surface area contributed by atoms with Gasteiger partial charge in [0.25, 0.3) is 0 Å². The minimum absolute atomic E-state index is 0.0947. The van der Waals surface area contributed by atoms with Crippen molar-refractivity contribution in [2.45, 2.75) is 13.8 Å². The smallest absolute Gasteiger partial charge is 0.244 e. The van der Waals surface area contributed by atoms with E-state index >= 15 is 0 Å². The van der Waals surface area contributed by atoms with Gasteiger partial charge in [-0.05, 0) is 35.8 Å². The number of nitrogens with zero attached hydrogens (tertiary/aromatic N) is 2. The first-order valence-corrected chi connectivity index (χ1v) is 9.70. The molecule has 0 saturated carbocycles. The first-order valence-electron chi connectivity index (χ1n) is 9.70. The first kappa shape index (κ1) is 21.1. The van der Waals surface area contributed by atoms with Gasteiger partial charge in [-0.15, -0.1) is 0 Å². The van der Waals surface area contributed by atoms with Crippen molar-refractivity contribution >= 4 is 34.4 Å². The molecule has 0 radical (unpaired) electrons. The molecular formula is C23H26N4O3. The van der Waals surface area contributed by atoms with Gasteiger partial charge in [0.15, 0.2) is 11.5 Å². The lowest BCUT2D eigenvalue weighted by Gasteiger charge is -2.12. The molecule has 0 fully saturated rings. The maximum absolute atomic E-state index is 11.8. The van der Waals surface area contributed by atoms with E-state index in [1.165, 1.54) is 6.33 Å². The molecule has 7 heteroatoms. The number of hydrogen-bond acceptors (Lipinski definition) is 6. The zero-order valence-electron chi connectivity index (χ0n) is 17.6. The third-order valence-corrected chi connectivity index (χ3v) is 4.43. The van der Waals surface area contributed by atoms with E-state index in [0.717, 1.165) is 22.2 Å². The largest absolute Gasteiger partial charge is 0.493 e. The maximum Gasteiger partial charge on any atom is 0.244 e. The summed E-state index contributed by atoms with van der Waals surface area (Å²) < 4.78 is 10.7. The number of hydrogen-bond donors (Lipinski definition) is 2. The molecule has 0 spiro atoms. The van der Waals surface area contributed by atoms with Gasteiger partial charge in [0.2, 0.25) is 5.91 Å². The molecule has 0 bridgehead atoms. The zero-order chi connectivity index (χ0) is 21.5. The average molecular weight is 406 g/mol. The molecular weight excluding hydrogens is 380 g/mol. The number of anilines is 2. The molecule has 0 saturated heterocycles. The highest BCUT2D eigenvalue weighted by Gasteiger charge is 2.11. The minimum Gasteiger partial charge on any atom is -0.493 e. The predicted octanol–water partition coefficient (Wildman–Crippen LogP) is 4.18. The summed E-state index contributed by atoms with van der Waals surface area (Å²) in [6.07, 6.45) is 4.84. The van der Waals surface area contributed by atoms with Crippen LogP contribution in [0, 0.1) is 5.92 Å². The molecule has 0 aliphatic heterocycles. The van der Waals surface area contributed by atoms with Crippen molar-refractivity contribution in [1.29, 1.82) is 0 Å². The third kappa shape index (κ3) is 5.26. The summed E-state index contributed by atoms with van der Waals surface area (Å²) in [5.41, 5.74) is 2.54. The second kappa shape index (κ2) is 9.73. The van der Waals surface area contributed by atoms with Crippen LogP contribution in [0.1, 0.15) is 19.4 Å². The third-order valence-electron chi connectivity index (χ3n) is 4.43. The lowest BCUT2D eigenvalue weighted by atomic mass is 10.1. The van der Waals surface area contributed by atoms with Crippen molar-refractivity contribution in [3.05, 3.63) is 54.4 Å². The molecule has 1 aromatic heterocycles. The average Bonchev–Trinajstić information content (AvgIpc) is 2.76. The summed E-state index contributed by atoms with van der Waals surface area (Å²) in [6, 6.07) is 11.4. The number of aromatic nitrogens is 2. The normalized spacial score (nSPS) is 11.1. The van der Waals surface area contributed by atoms with E-state index < -0.39 is 0 Å². The number of ether oxygens (including phenoxy) is 2. The second-order valence-corrected chi connectivity index (χ2v) is 7.17. The van der Waals surface area contributed by atoms with E-state index in [1.807, 2.05) is 36.4 Å². The fraction of sp³-hybridized carbons (Fsp3) is 0.261. The van der Waals surface area contributed by atoms with Crippen LogP contribution in [0.3, 0.4) is 0 Å². The fourth-order valence-electron chi connectivity index (χ4n) is 2.83. The van der Waals surface area contributed by atoms with Crippen LogP contribution < -0.4 is 20.1 Å². The van der Waals surface area contributed by atoms with Crippen molar-refractivity contribution in [2.75, 3.05) is 26.1 Å². The molecule has 0 unspecified atom stereocenters. The van der Waals surface area contributed by atoms with Gasteiger partial charge in [0.05, 0.1) is 19.7 Å². The minimum atomic E-state index is -0.0947. The lowest BCUT2D eigenvalue weighted by molar-refractivity contribution is -0.116. The van der Waals surface area contributed by atoms with Crippen LogP contribution in [0.5, 0.6) is 11.5 Å². The quantitative estimate of drug-likeness (QED) is 0.546. The van der Waals surface area contributed by atoms with E-state index in [2.05, 4.69) is 34.4 Å². The number of rotatable bonds is 8. The number of amides is 1. The second-order valence-electron chi connectivity index (χ2n) is 7.17. The van der Waals surface area contributed by atoms with Gasteiger partial charge in [0, 0.05) is 29.8 Å². The van der Waals surface area contributed by atoms with Crippen LogP contribution in [0.2, 0.25) is 0 Å². The summed E-state index contributed by atoms with van der Waals surface area (Å²) in [6.45, 7) is 4.78. The summed E-state index contributed by atoms with van der Waals surface area (Å²) in [5.74, 6) is 2.22. The standard InChI is InChI=1S/C23H26N4O3/c1-15(2)13-24-22(28)10-7-16-5-8-17(9-6-16)27-23-18-11-20(29-3)21(30-4)12-19(18)25-14-26-23/h5-12,14-15H,13H2,1-4H3,(H,24,28)(H,25,26,27)/b10-7+. The SMILES string of the molecule is COc1cc2ncnc(Nc3ccc(/C=C/C(=O)NCC(C)C)cc3)c2cc1OC. The van der Waals surface area contributed by atoms with Gasteiger partial charge < -0.3 is 20.1 Å². The van der Waals surface area contributed by atoms with Crippen molar-refractivity contribution in [1.82, 2.24) is 15.3 Å². The predicted molar refractivity (Wildman–Crippen MR) is 119 cm³/mol. The monoisotopic (exact) mass is 406 g/mol. The Morgan fingerprint density at radius 1 is 1.07 bits per heavy atom. The van der Waals surface area contributed by atoms with E-state index in [9.17, 15) is 4.79 Å². The number of benzene rings is 2. The van der Waals surface area contributed by atoms with E-state index in [0.29, 0.717) is 29.8 Å². The number of fused-ring (bicyclic) bond motifs is 1. The number of methoxy groups -OCH3 is 2. The Kier molecular flexibility index (Phi) is 6.85. The fourth-order valence-corrected chi connectivity index (χ4v) is 2.83. The molecule has 0 aliphatic rings. The van der Waals surface area contributed by atoms with Crippen LogP contribution in [0.4, 0.5) is 11.5 Å². The van der Waals surface area contributed by atoms with Crippen LogP contribution in [-0.2, 0) is 4.79 Å². The Morgan fingerprint density at radius 2 is 1.77 bits per heavy atom. The topological polar surface area (TPSA) is 85.4 Å². The Hall–Kier alpha value is -3.61. The Balaban J connectivity index is 1.75. The highest BCUT2D eigenvalue weighted by atomic mass is 16.5. The molecule has 3 rings (SSSR count). The van der Waals surface area contributed by atoms with E-state index in [1.54, 1.807) is 26.4 Å². The van der Waals surface area contributed by atoms with Gasteiger partial charge >= 0.3 is 0 Å². The first-order chi connectivity index (χ1) is 14.5. The van der Waals surface area contributed by atoms with Crippen LogP contribution >= 0.6 is 0 Å². The van der Waals surface area contributed by atoms with Gasteiger partial charge in [-0.25, -0.2) is 9.97 Å². The number of nitrogens with one attached hydrogen (secondary N) is 2. The highest BCUT2D eigenvalue weighted by Crippen LogP contribution is 2.34. The molecule has 0 aliphatic carbocycles. The summed E-state index contributed by atoms with van der Waals surface area (Å²) in [7, 11) is 3.18. The van der Waals surface area contributed by atoms with Gasteiger partial charge in [-0.2, -0.15) is 0 Å². The van der Waals surface area contributed by atoms with Gasteiger partial charge in [-0.1, -0.05) is 26.0 Å². The molecule has 1 heterocycles. The van der Waals surface area contributed by atoms with Crippen molar-refractivity contribution in [3.63, 3.8) is 0 Å². The molecule has 2 aromatic carbocycles. The van der Waals surface area contributed by atoms with Gasteiger partial charge in [0.1, 0.15) is 12.1 Å². The highest BCUT2D eigenvalue weighted by molar-refractivity contribution is 5.93. The number of carbonyl (C=O) groups excluding carboxylic acids is 1. The number of carbonyl (C=O) groups is 1. The zero-order valence-corrected chi connectivity index (χ0v) is 17.6. The van der Waals surface area contributed by atoms with Crippen LogP contribution in [-0.4, -0.2) is 36.6 Å². The summed E-state index contributed by atoms with van der Waals surface area (Å²) >= 11 is 0.